The maximum atomic E-state index is 13.5. The van der Waals surface area contributed by atoms with Crippen molar-refractivity contribution < 1.29 is 43.3 Å². The lowest BCUT2D eigenvalue weighted by Gasteiger charge is -2.28. The summed E-state index contributed by atoms with van der Waals surface area (Å²) < 4.78 is 10.7. The predicted octanol–water partition coefficient (Wildman–Crippen LogP) is 2.44. The van der Waals surface area contributed by atoms with Crippen LogP contribution in [0.2, 0.25) is 0 Å². The molecule has 0 aliphatic rings. The number of nitrogens with two attached hydrogens (primary N) is 1. The van der Waals surface area contributed by atoms with Gasteiger partial charge in [0.05, 0.1) is 5.41 Å². The van der Waals surface area contributed by atoms with E-state index in [0.717, 1.165) is 0 Å². The normalized spacial score (nSPS) is 14.3. The van der Waals surface area contributed by atoms with Crippen LogP contribution in [0.3, 0.4) is 0 Å². The summed E-state index contributed by atoms with van der Waals surface area (Å²) in [5, 5.41) is 17.1. The number of nitrogens with one attached hydrogen (secondary N) is 3. The van der Waals surface area contributed by atoms with Crippen LogP contribution in [0.5, 0.6) is 5.75 Å². The fourth-order valence-corrected chi connectivity index (χ4v) is 3.61. The minimum Gasteiger partial charge on any atom is -0.480 e. The van der Waals surface area contributed by atoms with Crippen molar-refractivity contribution in [2.24, 2.45) is 17.1 Å². The molecule has 0 bridgehead atoms. The summed E-state index contributed by atoms with van der Waals surface area (Å²) in [6, 6.07) is 2.65. The van der Waals surface area contributed by atoms with Crippen molar-refractivity contribution in [1.82, 2.24) is 16.0 Å². The SMILES string of the molecule is CC[C@H](C)[C@H](NC(=O)[C@H](Cc1ccc(OC(=O)C(C)(C)C)cc1)NC(=O)OC(C)(C)C)C(=O)N[C@H](CCC(N)=O)C(=O)O. The second kappa shape index (κ2) is 15.9. The predicted molar refractivity (Wildman–Crippen MR) is 158 cm³/mol. The van der Waals surface area contributed by atoms with Gasteiger partial charge < -0.3 is 36.3 Å². The maximum absolute atomic E-state index is 13.5. The van der Waals surface area contributed by atoms with Gasteiger partial charge in [0.1, 0.15) is 29.5 Å². The Balaban J connectivity index is 3.22. The Morgan fingerprint density at radius 3 is 1.93 bits per heavy atom. The quantitative estimate of drug-likeness (QED) is 0.156. The topological polar surface area (TPSA) is 203 Å². The van der Waals surface area contributed by atoms with Crippen molar-refractivity contribution >= 4 is 35.8 Å². The van der Waals surface area contributed by atoms with Gasteiger partial charge in [-0.25, -0.2) is 9.59 Å². The fraction of sp³-hybridized carbons (Fsp3) is 0.600. The van der Waals surface area contributed by atoms with Gasteiger partial charge in [-0.15, -0.1) is 0 Å². The minimum absolute atomic E-state index is 0.0101. The molecule has 4 amide bonds. The van der Waals surface area contributed by atoms with E-state index < -0.39 is 70.8 Å². The van der Waals surface area contributed by atoms with Gasteiger partial charge in [0.2, 0.25) is 17.7 Å². The van der Waals surface area contributed by atoms with Crippen LogP contribution in [-0.2, 0) is 35.1 Å². The van der Waals surface area contributed by atoms with E-state index in [1.807, 2.05) is 0 Å². The third-order valence-electron chi connectivity index (χ3n) is 6.28. The van der Waals surface area contributed by atoms with Crippen LogP contribution in [0, 0.1) is 11.3 Å². The first kappa shape index (κ1) is 36.9. The number of alkyl carbamates (subject to hydrolysis) is 1. The number of aliphatic carboxylic acids is 1. The average molecular weight is 607 g/mol. The number of esters is 1. The van der Waals surface area contributed by atoms with Crippen molar-refractivity contribution in [3.8, 4) is 5.75 Å². The highest BCUT2D eigenvalue weighted by atomic mass is 16.6. The van der Waals surface area contributed by atoms with Crippen molar-refractivity contribution in [3.05, 3.63) is 29.8 Å². The number of hydrogen-bond donors (Lipinski definition) is 5. The second-order valence-electron chi connectivity index (χ2n) is 12.5. The average Bonchev–Trinajstić information content (AvgIpc) is 2.87. The number of benzene rings is 1. The fourth-order valence-electron chi connectivity index (χ4n) is 3.61. The van der Waals surface area contributed by atoms with Crippen LogP contribution in [0.1, 0.15) is 80.2 Å². The summed E-state index contributed by atoms with van der Waals surface area (Å²) in [7, 11) is 0. The van der Waals surface area contributed by atoms with Crippen LogP contribution in [0.4, 0.5) is 4.79 Å². The number of ether oxygens (including phenoxy) is 2. The molecule has 0 aromatic heterocycles. The van der Waals surface area contributed by atoms with Crippen LogP contribution in [-0.4, -0.2) is 64.6 Å². The first-order valence-electron chi connectivity index (χ1n) is 14.2. The number of hydrogen-bond acceptors (Lipinski definition) is 8. The molecule has 0 aliphatic carbocycles. The highest BCUT2D eigenvalue weighted by Crippen LogP contribution is 2.20. The van der Waals surface area contributed by atoms with E-state index in [4.69, 9.17) is 15.2 Å². The Labute approximate surface area is 252 Å². The minimum atomic E-state index is -1.40. The standard InChI is InChI=1S/C30H46N4O9/c1-9-17(2)23(25(37)32-20(26(38)39)14-15-22(31)35)34-24(36)21(33-28(41)43-30(6,7)8)16-18-10-12-19(13-11-18)42-27(40)29(3,4)5/h10-13,17,20-21,23H,9,14-16H2,1-8H3,(H2,31,35)(H,32,37)(H,33,41)(H,34,36)(H,38,39)/t17-,20+,21-,23-/m0/s1. The number of rotatable bonds is 14. The van der Waals surface area contributed by atoms with Gasteiger partial charge in [-0.2, -0.15) is 0 Å². The second-order valence-corrected chi connectivity index (χ2v) is 12.5. The Morgan fingerprint density at radius 1 is 0.884 bits per heavy atom. The third kappa shape index (κ3) is 13.6. The molecule has 0 spiro atoms. The van der Waals surface area contributed by atoms with E-state index in [1.165, 1.54) is 0 Å². The molecule has 1 aromatic carbocycles. The van der Waals surface area contributed by atoms with Crippen molar-refractivity contribution in [2.45, 2.75) is 105 Å². The molecule has 43 heavy (non-hydrogen) atoms. The molecule has 13 heteroatoms. The highest BCUT2D eigenvalue weighted by Gasteiger charge is 2.33. The molecule has 1 rings (SSSR count). The lowest BCUT2D eigenvalue weighted by molar-refractivity contribution is -0.143. The van der Waals surface area contributed by atoms with Crippen molar-refractivity contribution in [2.75, 3.05) is 0 Å². The van der Waals surface area contributed by atoms with Gasteiger partial charge in [0.25, 0.3) is 0 Å². The summed E-state index contributed by atoms with van der Waals surface area (Å²) in [5.41, 5.74) is 4.17. The third-order valence-corrected chi connectivity index (χ3v) is 6.28. The summed E-state index contributed by atoms with van der Waals surface area (Å²) in [4.78, 5) is 74.4. The summed E-state index contributed by atoms with van der Waals surface area (Å²) in [5.74, 6) is -4.08. The lowest BCUT2D eigenvalue weighted by Crippen LogP contribution is -2.58. The van der Waals surface area contributed by atoms with Crippen molar-refractivity contribution in [3.63, 3.8) is 0 Å². The van der Waals surface area contributed by atoms with E-state index in [0.29, 0.717) is 17.7 Å². The monoisotopic (exact) mass is 606 g/mol. The number of carboxylic acids is 1. The molecule has 0 aliphatic heterocycles. The van der Waals surface area contributed by atoms with Crippen LogP contribution >= 0.6 is 0 Å². The number of primary amides is 1. The highest BCUT2D eigenvalue weighted by molar-refractivity contribution is 5.93. The van der Waals surface area contributed by atoms with E-state index in [1.54, 1.807) is 79.7 Å². The first-order chi connectivity index (χ1) is 19.7. The van der Waals surface area contributed by atoms with E-state index in [2.05, 4.69) is 16.0 Å². The lowest BCUT2D eigenvalue weighted by atomic mass is 9.96. The number of carbonyl (C=O) groups excluding carboxylic acids is 5. The molecule has 6 N–H and O–H groups in total. The molecule has 0 heterocycles. The van der Waals surface area contributed by atoms with Crippen LogP contribution < -0.4 is 26.4 Å². The molecule has 0 fully saturated rings. The maximum Gasteiger partial charge on any atom is 0.408 e. The van der Waals surface area contributed by atoms with Crippen LogP contribution in [0.15, 0.2) is 24.3 Å². The smallest absolute Gasteiger partial charge is 0.408 e. The van der Waals surface area contributed by atoms with Crippen molar-refractivity contribution in [1.29, 1.82) is 0 Å². The van der Waals surface area contributed by atoms with E-state index >= 15 is 0 Å². The van der Waals surface area contributed by atoms with Gasteiger partial charge in [0, 0.05) is 12.8 Å². The Hall–Kier alpha value is -4.16. The molecule has 0 radical (unpaired) electrons. The zero-order chi connectivity index (χ0) is 33.1. The van der Waals surface area contributed by atoms with Gasteiger partial charge in [-0.3, -0.25) is 19.2 Å². The summed E-state index contributed by atoms with van der Waals surface area (Å²) >= 11 is 0. The van der Waals surface area contributed by atoms with E-state index in [9.17, 15) is 33.9 Å². The molecule has 0 saturated carbocycles. The molecule has 4 atom stereocenters. The molecule has 0 unspecified atom stereocenters. The van der Waals surface area contributed by atoms with Gasteiger partial charge in [-0.05, 0) is 71.6 Å². The van der Waals surface area contributed by atoms with Gasteiger partial charge in [0.15, 0.2) is 0 Å². The Bertz CT molecular complexity index is 1150. The van der Waals surface area contributed by atoms with Gasteiger partial charge in [-0.1, -0.05) is 32.4 Å². The molecule has 13 nitrogen and oxygen atoms in total. The first-order valence-corrected chi connectivity index (χ1v) is 14.2. The zero-order valence-electron chi connectivity index (χ0n) is 26.2. The number of carboxylic acid groups (broad SMARTS) is 1. The Morgan fingerprint density at radius 2 is 1.47 bits per heavy atom. The number of carbonyl (C=O) groups is 6. The largest absolute Gasteiger partial charge is 0.480 e. The molecule has 0 saturated heterocycles. The summed E-state index contributed by atoms with van der Waals surface area (Å²) in [6.45, 7) is 13.7. The molecular weight excluding hydrogens is 560 g/mol. The zero-order valence-corrected chi connectivity index (χ0v) is 26.2. The summed E-state index contributed by atoms with van der Waals surface area (Å²) in [6.07, 6.45) is -0.889. The molecular formula is C30H46N4O9. The van der Waals surface area contributed by atoms with Gasteiger partial charge >= 0.3 is 18.0 Å². The van der Waals surface area contributed by atoms with Crippen LogP contribution in [0.25, 0.3) is 0 Å². The number of amides is 4. The molecule has 1 aromatic rings. The Kier molecular flexibility index (Phi) is 13.6. The molecule has 240 valence electrons. The van der Waals surface area contributed by atoms with E-state index in [-0.39, 0.29) is 19.3 Å².